The van der Waals surface area contributed by atoms with E-state index in [9.17, 15) is 9.59 Å². The number of piperazine rings is 1. The van der Waals surface area contributed by atoms with Crippen molar-refractivity contribution in [2.45, 2.75) is 32.6 Å². The smallest absolute Gasteiger partial charge is 0.409 e. The van der Waals surface area contributed by atoms with Gasteiger partial charge >= 0.3 is 6.09 Å². The lowest BCUT2D eigenvalue weighted by molar-refractivity contribution is 0.0755. The molecule has 0 unspecified atom stereocenters. The first-order valence-electron chi connectivity index (χ1n) is 9.61. The van der Waals surface area contributed by atoms with E-state index in [1.807, 2.05) is 24.0 Å². The fourth-order valence-corrected chi connectivity index (χ4v) is 3.50. The summed E-state index contributed by atoms with van der Waals surface area (Å²) in [6.45, 7) is 6.61. The topological polar surface area (TPSA) is 66.0 Å². The van der Waals surface area contributed by atoms with Crippen LogP contribution in [0.2, 0.25) is 0 Å². The number of rotatable bonds is 3. The quantitative estimate of drug-likeness (QED) is 0.828. The van der Waals surface area contributed by atoms with Gasteiger partial charge in [0.25, 0.3) is 5.91 Å². The number of pyridine rings is 1. The molecule has 2 aliphatic rings. The largest absolute Gasteiger partial charge is 0.450 e. The Hall–Kier alpha value is -2.31. The summed E-state index contributed by atoms with van der Waals surface area (Å²) in [5.74, 6) is 0.0329. The van der Waals surface area contributed by atoms with Gasteiger partial charge in [-0.2, -0.15) is 0 Å². The van der Waals surface area contributed by atoms with Gasteiger partial charge in [-0.3, -0.25) is 4.79 Å². The number of hydrogen-bond acceptors (Lipinski definition) is 5. The van der Waals surface area contributed by atoms with Gasteiger partial charge in [-0.15, -0.1) is 0 Å². The van der Waals surface area contributed by atoms with E-state index in [4.69, 9.17) is 4.74 Å². The van der Waals surface area contributed by atoms with Gasteiger partial charge in [0.2, 0.25) is 0 Å². The molecule has 0 N–H and O–H groups in total. The molecule has 2 amide bonds. The lowest BCUT2D eigenvalue weighted by Crippen LogP contribution is -2.49. The summed E-state index contributed by atoms with van der Waals surface area (Å²) in [5.41, 5.74) is 1.50. The first-order valence-corrected chi connectivity index (χ1v) is 9.61. The van der Waals surface area contributed by atoms with Crippen LogP contribution in [0.1, 0.15) is 43.1 Å². The van der Waals surface area contributed by atoms with E-state index >= 15 is 0 Å². The molecule has 7 heteroatoms. The van der Waals surface area contributed by atoms with E-state index in [0.717, 1.165) is 44.7 Å². The third kappa shape index (κ3) is 4.45. The molecule has 26 heavy (non-hydrogen) atoms. The molecule has 3 rings (SSSR count). The number of carbonyl (C=O) groups excluding carboxylic acids is 2. The molecule has 0 atom stereocenters. The third-order valence-corrected chi connectivity index (χ3v) is 5.03. The molecule has 3 heterocycles. The number of hydrogen-bond donors (Lipinski definition) is 0. The van der Waals surface area contributed by atoms with Crippen LogP contribution in [0.4, 0.5) is 10.5 Å². The van der Waals surface area contributed by atoms with Crippen LogP contribution in [-0.4, -0.2) is 72.7 Å². The van der Waals surface area contributed by atoms with Crippen molar-refractivity contribution in [3.05, 3.63) is 24.0 Å². The highest BCUT2D eigenvalue weighted by atomic mass is 16.6. The number of carbonyl (C=O) groups is 2. The molecular formula is C19H28N4O3. The Balaban J connectivity index is 1.56. The maximum Gasteiger partial charge on any atom is 0.409 e. The maximum absolute atomic E-state index is 12.6. The minimum Gasteiger partial charge on any atom is -0.450 e. The Morgan fingerprint density at radius 3 is 2.23 bits per heavy atom. The van der Waals surface area contributed by atoms with Crippen molar-refractivity contribution in [2.24, 2.45) is 0 Å². The number of ether oxygens (including phenoxy) is 1. The van der Waals surface area contributed by atoms with E-state index in [2.05, 4.69) is 9.88 Å². The molecule has 0 aromatic carbocycles. The first kappa shape index (κ1) is 18.5. The molecule has 142 valence electrons. The van der Waals surface area contributed by atoms with Crippen molar-refractivity contribution >= 4 is 17.7 Å². The number of nitrogens with zero attached hydrogens (tertiary/aromatic N) is 4. The zero-order valence-corrected chi connectivity index (χ0v) is 15.5. The van der Waals surface area contributed by atoms with Gasteiger partial charge < -0.3 is 19.4 Å². The van der Waals surface area contributed by atoms with Crippen LogP contribution >= 0.6 is 0 Å². The van der Waals surface area contributed by atoms with Crippen LogP contribution in [0.3, 0.4) is 0 Å². The lowest BCUT2D eigenvalue weighted by atomic mass is 10.2. The average Bonchev–Trinajstić information content (AvgIpc) is 2.97. The van der Waals surface area contributed by atoms with E-state index < -0.39 is 0 Å². The molecule has 0 saturated carbocycles. The van der Waals surface area contributed by atoms with Crippen molar-refractivity contribution in [1.82, 2.24) is 14.8 Å². The highest BCUT2D eigenvalue weighted by Crippen LogP contribution is 2.18. The minimum absolute atomic E-state index is 0.0329. The Morgan fingerprint density at radius 2 is 1.65 bits per heavy atom. The van der Waals surface area contributed by atoms with Gasteiger partial charge in [-0.05, 0) is 31.9 Å². The molecule has 0 radical (unpaired) electrons. The number of amides is 2. The van der Waals surface area contributed by atoms with Gasteiger partial charge in [-0.1, -0.05) is 12.8 Å². The number of anilines is 1. The maximum atomic E-state index is 12.6. The van der Waals surface area contributed by atoms with Crippen LogP contribution in [0.25, 0.3) is 0 Å². The predicted octanol–water partition coefficient (Wildman–Crippen LogP) is 2.38. The molecular weight excluding hydrogens is 332 g/mol. The van der Waals surface area contributed by atoms with E-state index in [-0.39, 0.29) is 12.0 Å². The summed E-state index contributed by atoms with van der Waals surface area (Å²) in [7, 11) is 0. The second-order valence-electron chi connectivity index (χ2n) is 6.78. The Labute approximate surface area is 154 Å². The SMILES string of the molecule is CCOC(=O)N1CCN(c2ccc(C(=O)N3CCCCCC3)nc2)CC1. The van der Waals surface area contributed by atoms with Gasteiger partial charge in [0.15, 0.2) is 0 Å². The second-order valence-corrected chi connectivity index (χ2v) is 6.78. The Bertz CT molecular complexity index is 604. The molecule has 0 aliphatic carbocycles. The molecule has 0 spiro atoms. The van der Waals surface area contributed by atoms with Crippen LogP contribution in [-0.2, 0) is 4.74 Å². The summed E-state index contributed by atoms with van der Waals surface area (Å²) in [5, 5.41) is 0. The van der Waals surface area contributed by atoms with Gasteiger partial charge in [0, 0.05) is 39.3 Å². The van der Waals surface area contributed by atoms with Gasteiger partial charge in [-0.25, -0.2) is 9.78 Å². The van der Waals surface area contributed by atoms with Crippen LogP contribution in [0.15, 0.2) is 18.3 Å². The summed E-state index contributed by atoms with van der Waals surface area (Å²) >= 11 is 0. The fraction of sp³-hybridized carbons (Fsp3) is 0.632. The highest BCUT2D eigenvalue weighted by Gasteiger charge is 2.23. The zero-order valence-electron chi connectivity index (χ0n) is 15.5. The molecule has 2 fully saturated rings. The number of aromatic nitrogens is 1. The van der Waals surface area contributed by atoms with E-state index in [0.29, 0.717) is 25.4 Å². The van der Waals surface area contributed by atoms with Crippen molar-refractivity contribution in [3.63, 3.8) is 0 Å². The summed E-state index contributed by atoms with van der Waals surface area (Å²) in [4.78, 5) is 34.6. The minimum atomic E-state index is -0.247. The summed E-state index contributed by atoms with van der Waals surface area (Å²) in [6, 6.07) is 3.78. The normalized spacial score (nSPS) is 18.4. The first-order chi connectivity index (χ1) is 12.7. The highest BCUT2D eigenvalue weighted by molar-refractivity contribution is 5.92. The van der Waals surface area contributed by atoms with Crippen LogP contribution < -0.4 is 4.90 Å². The average molecular weight is 360 g/mol. The monoisotopic (exact) mass is 360 g/mol. The molecule has 2 aliphatic heterocycles. The second kappa shape index (κ2) is 8.87. The van der Waals surface area contributed by atoms with Crippen LogP contribution in [0, 0.1) is 0 Å². The standard InChI is InChI=1S/C19H28N4O3/c1-2-26-19(25)23-13-11-21(12-14-23)16-7-8-17(20-15-16)18(24)22-9-5-3-4-6-10-22/h7-8,15H,2-6,9-14H2,1H3. The molecule has 1 aromatic heterocycles. The number of likely N-dealkylation sites (tertiary alicyclic amines) is 1. The van der Waals surface area contributed by atoms with Crippen molar-refractivity contribution in [3.8, 4) is 0 Å². The molecule has 2 saturated heterocycles. The fourth-order valence-electron chi connectivity index (χ4n) is 3.50. The molecule has 0 bridgehead atoms. The van der Waals surface area contributed by atoms with Gasteiger partial charge in [0.05, 0.1) is 18.5 Å². The summed E-state index contributed by atoms with van der Waals surface area (Å²) in [6.07, 6.45) is 6.08. The van der Waals surface area contributed by atoms with Gasteiger partial charge in [0.1, 0.15) is 5.69 Å². The summed E-state index contributed by atoms with van der Waals surface area (Å²) < 4.78 is 5.04. The Kier molecular flexibility index (Phi) is 6.30. The predicted molar refractivity (Wildman–Crippen MR) is 99.4 cm³/mol. The van der Waals surface area contributed by atoms with E-state index in [1.54, 1.807) is 11.1 Å². The zero-order chi connectivity index (χ0) is 18.4. The lowest BCUT2D eigenvalue weighted by Gasteiger charge is -2.35. The van der Waals surface area contributed by atoms with Crippen LogP contribution in [0.5, 0.6) is 0 Å². The van der Waals surface area contributed by atoms with Crippen molar-refractivity contribution in [1.29, 1.82) is 0 Å². The molecule has 7 nitrogen and oxygen atoms in total. The van der Waals surface area contributed by atoms with Crippen molar-refractivity contribution in [2.75, 3.05) is 50.8 Å². The third-order valence-electron chi connectivity index (χ3n) is 5.03. The Morgan fingerprint density at radius 1 is 0.962 bits per heavy atom. The van der Waals surface area contributed by atoms with E-state index in [1.165, 1.54) is 12.8 Å². The van der Waals surface area contributed by atoms with Crippen molar-refractivity contribution < 1.29 is 14.3 Å². The molecule has 1 aromatic rings.